The number of likely N-dealkylation sites (N-methyl/N-ethyl adjacent to an activating group) is 1. The first-order valence-corrected chi connectivity index (χ1v) is 8.92. The molecule has 1 fully saturated rings. The van der Waals surface area contributed by atoms with Crippen LogP contribution in [0.1, 0.15) is 13.8 Å². The van der Waals surface area contributed by atoms with Gasteiger partial charge in [-0.15, -0.1) is 0 Å². The van der Waals surface area contributed by atoms with Gasteiger partial charge in [0.15, 0.2) is 0 Å². The molecule has 0 spiro atoms. The van der Waals surface area contributed by atoms with E-state index in [0.717, 1.165) is 19.6 Å². The first kappa shape index (κ1) is 16.5. The average Bonchev–Trinajstić information content (AvgIpc) is 2.49. The molecule has 1 aromatic rings. The average molecular weight is 333 g/mol. The van der Waals surface area contributed by atoms with Gasteiger partial charge in [-0.05, 0) is 19.5 Å². The number of halogens is 1. The van der Waals surface area contributed by atoms with Gasteiger partial charge in [-0.1, -0.05) is 18.5 Å². The number of pyridine rings is 1. The van der Waals surface area contributed by atoms with E-state index in [1.165, 1.54) is 16.6 Å². The zero-order chi connectivity index (χ0) is 15.5. The Hall–Kier alpha value is -0.890. The molecule has 118 valence electrons. The Labute approximate surface area is 131 Å². The van der Waals surface area contributed by atoms with Crippen LogP contribution >= 0.6 is 11.6 Å². The van der Waals surface area contributed by atoms with Crippen LogP contribution in [0, 0.1) is 0 Å². The van der Waals surface area contributed by atoms with Gasteiger partial charge in [0, 0.05) is 38.9 Å². The molecule has 1 aliphatic rings. The van der Waals surface area contributed by atoms with Gasteiger partial charge in [0.2, 0.25) is 10.0 Å². The van der Waals surface area contributed by atoms with Crippen molar-refractivity contribution >= 4 is 27.4 Å². The largest absolute Gasteiger partial charge is 0.369 e. The summed E-state index contributed by atoms with van der Waals surface area (Å²) in [6, 6.07) is 1.47. The highest BCUT2D eigenvalue weighted by atomic mass is 35.5. The van der Waals surface area contributed by atoms with Gasteiger partial charge in [-0.2, -0.15) is 4.31 Å². The van der Waals surface area contributed by atoms with Crippen molar-refractivity contribution in [3.8, 4) is 0 Å². The molecular weight excluding hydrogens is 312 g/mol. The van der Waals surface area contributed by atoms with E-state index in [0.29, 0.717) is 30.5 Å². The molecule has 21 heavy (non-hydrogen) atoms. The van der Waals surface area contributed by atoms with E-state index in [-0.39, 0.29) is 4.90 Å². The quantitative estimate of drug-likeness (QED) is 0.885. The third-order valence-corrected chi connectivity index (χ3v) is 5.73. The van der Waals surface area contributed by atoms with Crippen LogP contribution in [0.25, 0.3) is 0 Å². The predicted molar refractivity (Wildman–Crippen MR) is 84.3 cm³/mol. The molecule has 1 N–H and O–H groups in total. The number of aromatic nitrogens is 1. The van der Waals surface area contributed by atoms with Gasteiger partial charge in [0.25, 0.3) is 0 Å². The van der Waals surface area contributed by atoms with Crippen LogP contribution in [0.5, 0.6) is 0 Å². The fraction of sp³-hybridized carbons (Fsp3) is 0.615. The minimum absolute atomic E-state index is 0.152. The third-order valence-electron chi connectivity index (χ3n) is 3.58. The number of piperazine rings is 1. The molecule has 1 saturated heterocycles. The first-order valence-electron chi connectivity index (χ1n) is 7.11. The number of hydrogen-bond acceptors (Lipinski definition) is 5. The van der Waals surface area contributed by atoms with E-state index in [1.54, 1.807) is 0 Å². The van der Waals surface area contributed by atoms with Crippen LogP contribution in [-0.4, -0.2) is 61.9 Å². The Morgan fingerprint density at radius 2 is 1.95 bits per heavy atom. The molecule has 1 aliphatic heterocycles. The lowest BCUT2D eigenvalue weighted by molar-refractivity contribution is 0.196. The molecule has 8 heteroatoms. The van der Waals surface area contributed by atoms with Gasteiger partial charge in [0.05, 0.1) is 5.02 Å². The number of anilines is 1. The summed E-state index contributed by atoms with van der Waals surface area (Å²) in [5.41, 5.74) is 0. The number of hydrogen-bond donors (Lipinski definition) is 1. The highest BCUT2D eigenvalue weighted by molar-refractivity contribution is 7.89. The van der Waals surface area contributed by atoms with E-state index < -0.39 is 10.0 Å². The summed E-state index contributed by atoms with van der Waals surface area (Å²) in [5.74, 6) is 0.508. The summed E-state index contributed by atoms with van der Waals surface area (Å²) >= 11 is 6.08. The summed E-state index contributed by atoms with van der Waals surface area (Å²) in [6.07, 6.45) is 1.37. The van der Waals surface area contributed by atoms with Gasteiger partial charge in [-0.3, -0.25) is 0 Å². The lowest BCUT2D eigenvalue weighted by Gasteiger charge is -2.33. The van der Waals surface area contributed by atoms with Gasteiger partial charge in [-0.25, -0.2) is 13.4 Å². The number of sulfonamides is 1. The maximum absolute atomic E-state index is 12.6. The summed E-state index contributed by atoms with van der Waals surface area (Å²) in [6.45, 7) is 8.14. The molecule has 6 nitrogen and oxygen atoms in total. The zero-order valence-electron chi connectivity index (χ0n) is 12.3. The normalized spacial score (nSPS) is 17.9. The van der Waals surface area contributed by atoms with Crippen molar-refractivity contribution in [3.05, 3.63) is 17.3 Å². The van der Waals surface area contributed by atoms with Crippen LogP contribution in [0.4, 0.5) is 5.82 Å². The predicted octanol–water partition coefficient (Wildman–Crippen LogP) is 1.49. The van der Waals surface area contributed by atoms with Crippen molar-refractivity contribution in [1.29, 1.82) is 0 Å². The van der Waals surface area contributed by atoms with Crippen molar-refractivity contribution in [2.45, 2.75) is 18.7 Å². The van der Waals surface area contributed by atoms with Gasteiger partial charge < -0.3 is 10.2 Å². The molecule has 0 bridgehead atoms. The van der Waals surface area contributed by atoms with Crippen molar-refractivity contribution in [3.63, 3.8) is 0 Å². The second kappa shape index (κ2) is 6.91. The molecule has 0 aliphatic carbocycles. The molecule has 2 rings (SSSR count). The maximum atomic E-state index is 12.6. The molecule has 0 saturated carbocycles. The van der Waals surface area contributed by atoms with E-state index in [9.17, 15) is 8.42 Å². The lowest BCUT2D eigenvalue weighted by atomic mass is 10.4. The smallest absolute Gasteiger partial charge is 0.244 e. The minimum atomic E-state index is -3.52. The molecule has 0 amide bonds. The Morgan fingerprint density at radius 1 is 1.29 bits per heavy atom. The van der Waals surface area contributed by atoms with Crippen LogP contribution < -0.4 is 5.32 Å². The summed E-state index contributed by atoms with van der Waals surface area (Å²) in [4.78, 5) is 6.48. The second-order valence-corrected chi connectivity index (χ2v) is 7.22. The summed E-state index contributed by atoms with van der Waals surface area (Å²) in [7, 11) is -3.52. The Morgan fingerprint density at radius 3 is 2.48 bits per heavy atom. The van der Waals surface area contributed by atoms with Crippen LogP contribution in [-0.2, 0) is 10.0 Å². The van der Waals surface area contributed by atoms with Crippen LogP contribution in [0.15, 0.2) is 17.2 Å². The lowest BCUT2D eigenvalue weighted by Crippen LogP contribution is -2.48. The summed E-state index contributed by atoms with van der Waals surface area (Å²) in [5, 5.41) is 3.31. The maximum Gasteiger partial charge on any atom is 0.244 e. The number of nitrogens with zero attached hydrogens (tertiary/aromatic N) is 3. The van der Waals surface area contributed by atoms with Crippen molar-refractivity contribution < 1.29 is 8.42 Å². The SMILES string of the molecule is CCNc1ncc(S(=O)(=O)N2CCN(CC)CC2)cc1Cl. The summed E-state index contributed by atoms with van der Waals surface area (Å²) < 4.78 is 26.7. The fourth-order valence-corrected chi connectivity index (χ4v) is 3.99. The molecule has 0 unspecified atom stereocenters. The Bertz CT molecular complexity index is 586. The highest BCUT2D eigenvalue weighted by Crippen LogP contribution is 2.25. The van der Waals surface area contributed by atoms with E-state index in [1.807, 2.05) is 6.92 Å². The highest BCUT2D eigenvalue weighted by Gasteiger charge is 2.28. The van der Waals surface area contributed by atoms with Gasteiger partial charge in [0.1, 0.15) is 10.7 Å². The molecule has 0 radical (unpaired) electrons. The topological polar surface area (TPSA) is 65.5 Å². The second-order valence-electron chi connectivity index (χ2n) is 4.87. The standard InChI is InChI=1S/C13H21ClN4O2S/c1-3-15-13-12(14)9-11(10-16-13)21(19,20)18-7-5-17(4-2)6-8-18/h9-10H,3-8H2,1-2H3,(H,15,16). The monoisotopic (exact) mass is 332 g/mol. The Balaban J connectivity index is 2.18. The zero-order valence-corrected chi connectivity index (χ0v) is 13.9. The van der Waals surface area contributed by atoms with Crippen LogP contribution in [0.3, 0.4) is 0 Å². The van der Waals surface area contributed by atoms with Gasteiger partial charge >= 0.3 is 0 Å². The first-order chi connectivity index (χ1) is 9.98. The number of rotatable bonds is 5. The molecule has 2 heterocycles. The number of nitrogens with one attached hydrogen (secondary N) is 1. The van der Waals surface area contributed by atoms with E-state index in [2.05, 4.69) is 22.1 Å². The van der Waals surface area contributed by atoms with Crippen molar-refractivity contribution in [2.75, 3.05) is 44.6 Å². The van der Waals surface area contributed by atoms with Crippen molar-refractivity contribution in [1.82, 2.24) is 14.2 Å². The van der Waals surface area contributed by atoms with Crippen LogP contribution in [0.2, 0.25) is 5.02 Å². The third kappa shape index (κ3) is 3.66. The fourth-order valence-electron chi connectivity index (χ4n) is 2.29. The molecule has 0 atom stereocenters. The molecular formula is C13H21ClN4O2S. The molecule has 1 aromatic heterocycles. The van der Waals surface area contributed by atoms with E-state index in [4.69, 9.17) is 11.6 Å². The molecule has 0 aromatic carbocycles. The van der Waals surface area contributed by atoms with Crippen molar-refractivity contribution in [2.24, 2.45) is 0 Å². The Kier molecular flexibility index (Phi) is 5.43. The van der Waals surface area contributed by atoms with E-state index >= 15 is 0 Å². The minimum Gasteiger partial charge on any atom is -0.369 e.